The number of rotatable bonds is 9. The van der Waals surface area contributed by atoms with Crippen molar-refractivity contribution in [2.45, 2.75) is 32.7 Å². The van der Waals surface area contributed by atoms with Crippen molar-refractivity contribution in [2.75, 3.05) is 24.9 Å². The Morgan fingerprint density at radius 3 is 2.40 bits per heavy atom. The minimum absolute atomic E-state index is 0.0396. The minimum Gasteiger partial charge on any atom is -0.493 e. The highest BCUT2D eigenvalue weighted by molar-refractivity contribution is 5.89. The molecule has 134 valence electrons. The number of ether oxygens (including phenoxy) is 2. The number of amides is 1. The fourth-order valence-corrected chi connectivity index (χ4v) is 2.22. The van der Waals surface area contributed by atoms with Crippen LogP contribution in [0.5, 0.6) is 11.5 Å². The molecule has 1 amide bonds. The first-order chi connectivity index (χ1) is 12.2. The first-order valence-electron chi connectivity index (χ1n) is 8.24. The summed E-state index contributed by atoms with van der Waals surface area (Å²) in [6.07, 6.45) is 2.35. The van der Waals surface area contributed by atoms with Crippen molar-refractivity contribution < 1.29 is 14.3 Å². The second-order valence-electron chi connectivity index (χ2n) is 5.50. The summed E-state index contributed by atoms with van der Waals surface area (Å²) < 4.78 is 10.5. The fourth-order valence-electron chi connectivity index (χ4n) is 2.22. The third-order valence-electron chi connectivity index (χ3n) is 3.61. The summed E-state index contributed by atoms with van der Waals surface area (Å²) in [7, 11) is 3.21. The normalized spacial score (nSPS) is 10.2. The zero-order valence-electron chi connectivity index (χ0n) is 14.8. The Labute approximate surface area is 147 Å². The van der Waals surface area contributed by atoms with Gasteiger partial charge in [-0.25, -0.2) is 0 Å². The van der Waals surface area contributed by atoms with Gasteiger partial charge in [-0.05, 0) is 36.2 Å². The molecule has 2 aromatic rings. The molecule has 0 aliphatic heterocycles. The molecule has 1 heterocycles. The predicted molar refractivity (Wildman–Crippen MR) is 97.1 cm³/mol. The predicted octanol–water partition coefficient (Wildman–Crippen LogP) is 3.23. The van der Waals surface area contributed by atoms with Crippen molar-refractivity contribution in [1.29, 1.82) is 0 Å². The summed E-state index contributed by atoms with van der Waals surface area (Å²) in [5.41, 5.74) is 1.02. The van der Waals surface area contributed by atoms with E-state index in [0.29, 0.717) is 36.1 Å². The van der Waals surface area contributed by atoms with E-state index in [9.17, 15) is 4.79 Å². The zero-order chi connectivity index (χ0) is 18.1. The minimum atomic E-state index is -0.0396. The Morgan fingerprint density at radius 2 is 1.76 bits per heavy atom. The lowest BCUT2D eigenvalue weighted by molar-refractivity contribution is -0.116. The van der Waals surface area contributed by atoms with Crippen LogP contribution in [0.2, 0.25) is 0 Å². The summed E-state index contributed by atoms with van der Waals surface area (Å²) in [6, 6.07) is 9.22. The number of benzene rings is 1. The van der Waals surface area contributed by atoms with Crippen LogP contribution in [0, 0.1) is 0 Å². The smallest absolute Gasteiger partial charge is 0.225 e. The van der Waals surface area contributed by atoms with Crippen molar-refractivity contribution in [1.82, 2.24) is 10.2 Å². The Bertz CT molecular complexity index is 689. The van der Waals surface area contributed by atoms with Gasteiger partial charge in [0.15, 0.2) is 17.3 Å². The lowest BCUT2D eigenvalue weighted by Crippen LogP contribution is -2.13. The summed E-state index contributed by atoms with van der Waals surface area (Å²) >= 11 is 0. The third kappa shape index (κ3) is 5.63. The van der Waals surface area contributed by atoms with E-state index in [1.165, 1.54) is 0 Å². The van der Waals surface area contributed by atoms with E-state index in [4.69, 9.17) is 9.47 Å². The molecule has 0 fully saturated rings. The van der Waals surface area contributed by atoms with Crippen LogP contribution < -0.4 is 20.1 Å². The molecule has 0 bridgehead atoms. The van der Waals surface area contributed by atoms with Crippen molar-refractivity contribution >= 4 is 17.5 Å². The van der Waals surface area contributed by atoms with Crippen LogP contribution >= 0.6 is 0 Å². The number of carbonyl (C=O) groups excluding carboxylic acids is 1. The van der Waals surface area contributed by atoms with Gasteiger partial charge in [0.05, 0.1) is 14.2 Å². The van der Waals surface area contributed by atoms with E-state index in [1.54, 1.807) is 26.4 Å². The lowest BCUT2D eigenvalue weighted by atomic mass is 10.2. The molecule has 2 rings (SSSR count). The molecule has 1 aromatic heterocycles. The molecule has 0 saturated heterocycles. The van der Waals surface area contributed by atoms with Gasteiger partial charge in [0.2, 0.25) is 5.91 Å². The summed E-state index contributed by atoms with van der Waals surface area (Å²) in [6.45, 7) is 2.61. The van der Waals surface area contributed by atoms with Gasteiger partial charge in [-0.3, -0.25) is 4.79 Å². The Kier molecular flexibility index (Phi) is 7.00. The second kappa shape index (κ2) is 9.46. The number of aromatic nitrogens is 2. The molecule has 7 nitrogen and oxygen atoms in total. The van der Waals surface area contributed by atoms with Crippen molar-refractivity contribution in [3.63, 3.8) is 0 Å². The van der Waals surface area contributed by atoms with Gasteiger partial charge in [-0.15, -0.1) is 10.2 Å². The third-order valence-corrected chi connectivity index (χ3v) is 3.61. The summed E-state index contributed by atoms with van der Waals surface area (Å²) in [5, 5.41) is 14.0. The van der Waals surface area contributed by atoms with Crippen molar-refractivity contribution in [3.8, 4) is 11.5 Å². The topological polar surface area (TPSA) is 85.4 Å². The van der Waals surface area contributed by atoms with Gasteiger partial charge in [-0.2, -0.15) is 0 Å². The van der Waals surface area contributed by atoms with Crippen LogP contribution in [0.25, 0.3) is 0 Å². The SMILES string of the molecule is CCCCC(=O)Nc1ccc(NCc2ccc(OC)c(OC)c2)nn1. The monoisotopic (exact) mass is 344 g/mol. The van der Waals surface area contributed by atoms with Crippen LogP contribution in [-0.2, 0) is 11.3 Å². The largest absolute Gasteiger partial charge is 0.493 e. The quantitative estimate of drug-likeness (QED) is 0.726. The molecule has 0 aliphatic carbocycles. The highest BCUT2D eigenvalue weighted by Gasteiger charge is 2.06. The number of anilines is 2. The maximum absolute atomic E-state index is 11.7. The van der Waals surface area contributed by atoms with Crippen LogP contribution in [0.4, 0.5) is 11.6 Å². The molecule has 25 heavy (non-hydrogen) atoms. The Morgan fingerprint density at radius 1 is 1.04 bits per heavy atom. The Hall–Kier alpha value is -2.83. The molecular formula is C18H24N4O3. The molecule has 1 aromatic carbocycles. The number of carbonyl (C=O) groups is 1. The summed E-state index contributed by atoms with van der Waals surface area (Å²) in [4.78, 5) is 11.7. The van der Waals surface area contributed by atoms with E-state index in [1.807, 2.05) is 25.1 Å². The van der Waals surface area contributed by atoms with Crippen LogP contribution in [-0.4, -0.2) is 30.3 Å². The molecule has 0 radical (unpaired) electrons. The van der Waals surface area contributed by atoms with Crippen molar-refractivity contribution in [3.05, 3.63) is 35.9 Å². The average molecular weight is 344 g/mol. The van der Waals surface area contributed by atoms with Crippen molar-refractivity contribution in [2.24, 2.45) is 0 Å². The number of nitrogens with zero attached hydrogens (tertiary/aromatic N) is 2. The molecule has 0 atom stereocenters. The molecule has 7 heteroatoms. The molecule has 0 spiro atoms. The van der Waals surface area contributed by atoms with Crippen LogP contribution in [0.1, 0.15) is 31.7 Å². The molecule has 2 N–H and O–H groups in total. The molecular weight excluding hydrogens is 320 g/mol. The van der Waals surface area contributed by atoms with E-state index < -0.39 is 0 Å². The second-order valence-corrected chi connectivity index (χ2v) is 5.50. The molecule has 0 saturated carbocycles. The van der Waals surface area contributed by atoms with Gasteiger partial charge in [0.1, 0.15) is 5.82 Å². The first kappa shape index (κ1) is 18.5. The van der Waals surface area contributed by atoms with Gasteiger partial charge in [0.25, 0.3) is 0 Å². The van der Waals surface area contributed by atoms with Crippen LogP contribution in [0.15, 0.2) is 30.3 Å². The maximum Gasteiger partial charge on any atom is 0.225 e. The summed E-state index contributed by atoms with van der Waals surface area (Å²) in [5.74, 6) is 2.41. The van der Waals surface area contributed by atoms with E-state index in [0.717, 1.165) is 18.4 Å². The highest BCUT2D eigenvalue weighted by Crippen LogP contribution is 2.27. The van der Waals surface area contributed by atoms with E-state index >= 15 is 0 Å². The van der Waals surface area contributed by atoms with E-state index in [2.05, 4.69) is 20.8 Å². The fraction of sp³-hybridized carbons (Fsp3) is 0.389. The van der Waals surface area contributed by atoms with Gasteiger partial charge in [-0.1, -0.05) is 19.4 Å². The standard InChI is InChI=1S/C18H24N4O3/c1-4-5-6-18(23)20-17-10-9-16(21-22-17)19-12-13-7-8-14(24-2)15(11-13)25-3/h7-11H,4-6,12H2,1-3H3,(H,19,21)(H,20,22,23). The Balaban J connectivity index is 1.90. The van der Waals surface area contributed by atoms with Gasteiger partial charge < -0.3 is 20.1 Å². The highest BCUT2D eigenvalue weighted by atomic mass is 16.5. The molecule has 0 aliphatic rings. The number of unbranched alkanes of at least 4 members (excludes halogenated alkanes) is 1. The average Bonchev–Trinajstić information content (AvgIpc) is 2.65. The first-order valence-corrected chi connectivity index (χ1v) is 8.24. The van der Waals surface area contributed by atoms with Gasteiger partial charge in [0, 0.05) is 13.0 Å². The number of hydrogen-bond acceptors (Lipinski definition) is 6. The van der Waals surface area contributed by atoms with E-state index in [-0.39, 0.29) is 5.91 Å². The zero-order valence-corrected chi connectivity index (χ0v) is 14.8. The van der Waals surface area contributed by atoms with Gasteiger partial charge >= 0.3 is 0 Å². The molecule has 0 unspecified atom stereocenters. The number of methoxy groups -OCH3 is 2. The number of hydrogen-bond donors (Lipinski definition) is 2. The lowest BCUT2D eigenvalue weighted by Gasteiger charge is -2.10. The maximum atomic E-state index is 11.7. The van der Waals surface area contributed by atoms with Crippen LogP contribution in [0.3, 0.4) is 0 Å². The number of nitrogens with one attached hydrogen (secondary N) is 2.